The molecule has 0 bridgehead atoms. The fourth-order valence-corrected chi connectivity index (χ4v) is 19.7. The third kappa shape index (κ3) is 13.3. The van der Waals surface area contributed by atoms with Gasteiger partial charge in [-0.1, -0.05) is 175 Å². The standard InChI is InChI=1S/2C24H35NO3SSi/c2*1-6-7-14-21(29(25,26)27)19-20(2)28-30(24(3,4)5,22-15-10-8-11-16-22)23-17-12-9-13-18-23/h2*6,8-13,15-18,20-21H,1,7,14,19H2,2-5H3,(H2,25,26,27)/t20-,21+;20-,21-/m00/s1. The van der Waals surface area contributed by atoms with E-state index < -0.39 is 47.2 Å². The fraction of sp³-hybridized carbons (Fsp3) is 0.417. The number of sulfonamides is 2. The Balaban J connectivity index is 0.000000320. The van der Waals surface area contributed by atoms with Crippen LogP contribution in [0, 0.1) is 0 Å². The minimum atomic E-state index is -3.66. The smallest absolute Gasteiger partial charge is 0.261 e. The van der Waals surface area contributed by atoms with Crippen molar-refractivity contribution >= 4 is 57.4 Å². The molecule has 8 nitrogen and oxygen atoms in total. The average molecular weight is 891 g/mol. The summed E-state index contributed by atoms with van der Waals surface area (Å²) in [6.45, 7) is 24.6. The van der Waals surface area contributed by atoms with Crippen LogP contribution in [0.3, 0.4) is 0 Å². The number of rotatable bonds is 20. The minimum absolute atomic E-state index is 0.165. The average Bonchev–Trinajstić information content (AvgIpc) is 3.19. The van der Waals surface area contributed by atoms with E-state index in [1.807, 2.05) is 86.6 Å². The maximum Gasteiger partial charge on any atom is 0.261 e. The lowest BCUT2D eigenvalue weighted by molar-refractivity contribution is 0.193. The van der Waals surface area contributed by atoms with Gasteiger partial charge in [-0.05, 0) is 83.2 Å². The Morgan fingerprint density at radius 1 is 0.517 bits per heavy atom. The number of nitrogens with two attached hydrogens (primary N) is 2. The van der Waals surface area contributed by atoms with Crippen molar-refractivity contribution < 1.29 is 25.7 Å². The van der Waals surface area contributed by atoms with Crippen LogP contribution in [0.4, 0.5) is 0 Å². The summed E-state index contributed by atoms with van der Waals surface area (Å²) in [5.41, 5.74) is 0. The first-order chi connectivity index (χ1) is 28.0. The first-order valence-corrected chi connectivity index (χ1v) is 27.9. The molecule has 0 aliphatic heterocycles. The summed E-state index contributed by atoms with van der Waals surface area (Å²) in [4.78, 5) is 0. The molecule has 0 amide bonds. The maximum absolute atomic E-state index is 12.2. The second-order valence-electron chi connectivity index (χ2n) is 17.8. The predicted molar refractivity (Wildman–Crippen MR) is 258 cm³/mol. The summed E-state index contributed by atoms with van der Waals surface area (Å²) >= 11 is 0. The van der Waals surface area contributed by atoms with Crippen molar-refractivity contribution in [1.29, 1.82) is 0 Å². The highest BCUT2D eigenvalue weighted by atomic mass is 32.2. The van der Waals surface area contributed by atoms with Gasteiger partial charge in [0.1, 0.15) is 0 Å². The third-order valence-electron chi connectivity index (χ3n) is 11.1. The van der Waals surface area contributed by atoms with E-state index in [4.69, 9.17) is 19.1 Å². The van der Waals surface area contributed by atoms with Crippen LogP contribution < -0.4 is 31.0 Å². The molecule has 0 saturated carbocycles. The van der Waals surface area contributed by atoms with Crippen molar-refractivity contribution in [2.75, 3.05) is 0 Å². The summed E-state index contributed by atoms with van der Waals surface area (Å²) < 4.78 is 62.6. The van der Waals surface area contributed by atoms with E-state index in [1.165, 1.54) is 20.7 Å². The van der Waals surface area contributed by atoms with Crippen LogP contribution in [0.5, 0.6) is 0 Å². The molecule has 0 aliphatic rings. The van der Waals surface area contributed by atoms with Gasteiger partial charge in [-0.25, -0.2) is 27.1 Å². The molecule has 12 heteroatoms. The Labute approximate surface area is 364 Å². The van der Waals surface area contributed by atoms with E-state index in [1.54, 1.807) is 12.2 Å². The maximum atomic E-state index is 12.2. The molecule has 0 aliphatic carbocycles. The van der Waals surface area contributed by atoms with Gasteiger partial charge < -0.3 is 8.85 Å². The highest BCUT2D eigenvalue weighted by Gasteiger charge is 2.52. The molecule has 60 heavy (non-hydrogen) atoms. The molecule has 4 N–H and O–H groups in total. The topological polar surface area (TPSA) is 139 Å². The Kier molecular flexibility index (Phi) is 18.7. The van der Waals surface area contributed by atoms with Gasteiger partial charge >= 0.3 is 0 Å². The van der Waals surface area contributed by atoms with E-state index in [0.29, 0.717) is 38.5 Å². The zero-order chi connectivity index (χ0) is 44.8. The molecular weight excluding hydrogens is 821 g/mol. The number of hydrogen-bond donors (Lipinski definition) is 2. The number of benzene rings is 4. The van der Waals surface area contributed by atoms with Crippen molar-refractivity contribution in [3.05, 3.63) is 147 Å². The number of hydrogen-bond acceptors (Lipinski definition) is 6. The van der Waals surface area contributed by atoms with Crippen molar-refractivity contribution in [2.45, 2.75) is 127 Å². The lowest BCUT2D eigenvalue weighted by Gasteiger charge is -2.45. The van der Waals surface area contributed by atoms with E-state index >= 15 is 0 Å². The molecule has 4 rings (SSSR count). The van der Waals surface area contributed by atoms with Gasteiger partial charge in [0.15, 0.2) is 0 Å². The Bertz CT molecular complexity index is 1890. The van der Waals surface area contributed by atoms with Crippen molar-refractivity contribution in [1.82, 2.24) is 0 Å². The van der Waals surface area contributed by atoms with E-state index in [-0.39, 0.29) is 22.3 Å². The van der Waals surface area contributed by atoms with Gasteiger partial charge in [-0.2, -0.15) is 0 Å². The summed E-state index contributed by atoms with van der Waals surface area (Å²) in [7, 11) is -12.8. The van der Waals surface area contributed by atoms with Crippen LogP contribution >= 0.6 is 0 Å². The normalized spacial score (nSPS) is 14.8. The second kappa shape index (κ2) is 22.1. The molecule has 4 atom stereocenters. The molecule has 4 aromatic rings. The Morgan fingerprint density at radius 3 is 0.933 bits per heavy atom. The van der Waals surface area contributed by atoms with E-state index in [9.17, 15) is 16.8 Å². The van der Waals surface area contributed by atoms with Crippen LogP contribution in [-0.2, 0) is 28.9 Å². The van der Waals surface area contributed by atoms with Gasteiger partial charge in [0.25, 0.3) is 16.6 Å². The summed E-state index contributed by atoms with van der Waals surface area (Å²) in [5.74, 6) is 0. The predicted octanol–water partition coefficient (Wildman–Crippen LogP) is 7.93. The van der Waals surface area contributed by atoms with Gasteiger partial charge in [0.2, 0.25) is 20.0 Å². The van der Waals surface area contributed by atoms with Gasteiger partial charge in [-0.15, -0.1) is 13.2 Å². The largest absolute Gasteiger partial charge is 0.405 e. The van der Waals surface area contributed by atoms with Crippen LogP contribution in [-0.4, -0.2) is 56.2 Å². The van der Waals surface area contributed by atoms with Crippen LogP contribution in [0.15, 0.2) is 147 Å². The first kappa shape index (κ1) is 50.9. The summed E-state index contributed by atoms with van der Waals surface area (Å²) in [6.07, 6.45) is 5.74. The zero-order valence-electron chi connectivity index (χ0n) is 37.1. The molecule has 0 radical (unpaired) electrons. The van der Waals surface area contributed by atoms with Crippen molar-refractivity contribution in [3.63, 3.8) is 0 Å². The van der Waals surface area contributed by atoms with Gasteiger partial charge in [0.05, 0.1) is 10.5 Å². The van der Waals surface area contributed by atoms with E-state index in [0.717, 1.165) is 0 Å². The zero-order valence-corrected chi connectivity index (χ0v) is 40.7. The molecule has 328 valence electrons. The molecule has 0 unspecified atom stereocenters. The molecule has 0 saturated heterocycles. The van der Waals surface area contributed by atoms with Gasteiger partial charge in [-0.3, -0.25) is 0 Å². The highest BCUT2D eigenvalue weighted by Crippen LogP contribution is 2.39. The second-order valence-corrected chi connectivity index (χ2v) is 30.0. The summed E-state index contributed by atoms with van der Waals surface area (Å²) in [6, 6.07) is 41.4. The summed E-state index contributed by atoms with van der Waals surface area (Å²) in [5, 5.41) is 14.1. The molecule has 4 aromatic carbocycles. The molecule has 0 heterocycles. The van der Waals surface area contributed by atoms with Crippen LogP contribution in [0.1, 0.15) is 93.9 Å². The van der Waals surface area contributed by atoms with Crippen molar-refractivity contribution in [2.24, 2.45) is 10.3 Å². The van der Waals surface area contributed by atoms with Crippen LogP contribution in [0.2, 0.25) is 10.1 Å². The third-order valence-corrected chi connectivity index (χ3v) is 24.1. The molecule has 0 spiro atoms. The van der Waals surface area contributed by atoms with Gasteiger partial charge in [0, 0.05) is 12.2 Å². The minimum Gasteiger partial charge on any atom is -0.405 e. The first-order valence-electron chi connectivity index (χ1n) is 20.9. The SMILES string of the molecule is C=CCC[C@@H](C[C@H](C)O[Si](c1ccccc1)(c1ccccc1)C(C)(C)C)S(N)(=O)=O.C=CCC[C@H](C[C@H](C)O[Si](c1ccccc1)(c1ccccc1)C(C)(C)C)S(N)(=O)=O. The number of allylic oxidation sites excluding steroid dienone is 2. The lowest BCUT2D eigenvalue weighted by Crippen LogP contribution is -2.67. The number of primary sulfonamides is 2. The Hall–Kier alpha value is -3.47. The fourth-order valence-electron chi connectivity index (χ4n) is 8.26. The molecular formula is C48H70N2O6S2Si2. The lowest BCUT2D eigenvalue weighted by atomic mass is 10.1. The quantitative estimate of drug-likeness (QED) is 0.0683. The molecule has 0 fully saturated rings. The highest BCUT2D eigenvalue weighted by molar-refractivity contribution is 7.90. The molecule has 0 aromatic heterocycles. The van der Waals surface area contributed by atoms with Crippen LogP contribution in [0.25, 0.3) is 0 Å². The monoisotopic (exact) mass is 890 g/mol. The van der Waals surface area contributed by atoms with Crippen molar-refractivity contribution in [3.8, 4) is 0 Å². The Morgan fingerprint density at radius 2 is 0.750 bits per heavy atom. The van der Waals surface area contributed by atoms with E-state index in [2.05, 4.69) is 103 Å².